The molecule has 22 heavy (non-hydrogen) atoms. The van der Waals surface area contributed by atoms with Crippen LogP contribution in [0.5, 0.6) is 0 Å². The minimum absolute atomic E-state index is 0.528. The van der Waals surface area contributed by atoms with Crippen LogP contribution in [0.15, 0.2) is 39.9 Å². The predicted molar refractivity (Wildman–Crippen MR) is 99.9 cm³/mol. The van der Waals surface area contributed by atoms with Gasteiger partial charge in [-0.25, -0.2) is 0 Å². The number of aromatic nitrogens is 1. The van der Waals surface area contributed by atoms with E-state index in [1.54, 1.807) is 6.21 Å². The van der Waals surface area contributed by atoms with Crippen LogP contribution in [0.2, 0.25) is 0 Å². The molecular weight excluding hydrogens is 360 g/mol. The van der Waals surface area contributed by atoms with Crippen molar-refractivity contribution < 1.29 is 0 Å². The maximum Gasteiger partial charge on any atom is 0.186 e. The first-order chi connectivity index (χ1) is 10.5. The third-order valence-corrected chi connectivity index (χ3v) is 4.03. The topological polar surface area (TPSA) is 41.4 Å². The van der Waals surface area contributed by atoms with Gasteiger partial charge in [0.05, 0.1) is 6.21 Å². The Kier molecular flexibility index (Phi) is 5.74. The molecule has 0 radical (unpaired) electrons. The van der Waals surface area contributed by atoms with E-state index in [-0.39, 0.29) is 0 Å². The number of nitrogens with one attached hydrogen (secondary N) is 2. The summed E-state index contributed by atoms with van der Waals surface area (Å²) in [5.41, 5.74) is 7.31. The van der Waals surface area contributed by atoms with Gasteiger partial charge in [-0.15, -0.1) is 0 Å². The average Bonchev–Trinajstić information content (AvgIpc) is 2.75. The zero-order valence-electron chi connectivity index (χ0n) is 12.9. The van der Waals surface area contributed by atoms with Crippen molar-refractivity contribution in [3.63, 3.8) is 0 Å². The Morgan fingerprint density at radius 1 is 1.32 bits per heavy atom. The molecule has 0 aliphatic heterocycles. The molecule has 1 aromatic carbocycles. The van der Waals surface area contributed by atoms with Gasteiger partial charge in [-0.2, -0.15) is 5.10 Å². The van der Waals surface area contributed by atoms with Gasteiger partial charge in [0.25, 0.3) is 0 Å². The summed E-state index contributed by atoms with van der Waals surface area (Å²) in [7, 11) is 0. The highest BCUT2D eigenvalue weighted by molar-refractivity contribution is 9.10. The molecule has 2 N–H and O–H groups in total. The Morgan fingerprint density at radius 3 is 2.64 bits per heavy atom. The van der Waals surface area contributed by atoms with Crippen molar-refractivity contribution in [2.75, 3.05) is 6.54 Å². The maximum absolute atomic E-state index is 5.08. The number of nitrogens with zero attached hydrogens (tertiary/aromatic N) is 2. The molecule has 0 aliphatic carbocycles. The molecule has 0 bridgehead atoms. The summed E-state index contributed by atoms with van der Waals surface area (Å²) < 4.78 is 3.28. The van der Waals surface area contributed by atoms with E-state index in [0.29, 0.717) is 5.11 Å². The van der Waals surface area contributed by atoms with Crippen LogP contribution in [0, 0.1) is 13.8 Å². The Morgan fingerprint density at radius 2 is 2.00 bits per heavy atom. The number of thiocarbonyl (C=S) groups is 1. The minimum Gasteiger partial charge on any atom is -0.362 e. The summed E-state index contributed by atoms with van der Waals surface area (Å²) in [5.74, 6) is 0. The molecule has 2 aromatic rings. The zero-order chi connectivity index (χ0) is 16.1. The molecule has 1 heterocycles. The summed E-state index contributed by atoms with van der Waals surface area (Å²) in [5, 5.41) is 7.70. The molecule has 0 unspecified atom stereocenters. The first-order valence-corrected chi connectivity index (χ1v) is 8.25. The van der Waals surface area contributed by atoms with Crippen LogP contribution in [-0.2, 0) is 0 Å². The van der Waals surface area contributed by atoms with Crippen molar-refractivity contribution >= 4 is 39.5 Å². The Balaban J connectivity index is 2.22. The van der Waals surface area contributed by atoms with Gasteiger partial charge in [0.1, 0.15) is 0 Å². The smallest absolute Gasteiger partial charge is 0.186 e. The predicted octanol–water partition coefficient (Wildman–Crippen LogP) is 3.67. The quantitative estimate of drug-likeness (QED) is 0.484. The number of rotatable bonds is 4. The fraction of sp³-hybridized carbons (Fsp3) is 0.250. The van der Waals surface area contributed by atoms with E-state index < -0.39 is 0 Å². The van der Waals surface area contributed by atoms with Gasteiger partial charge in [0.15, 0.2) is 5.11 Å². The fourth-order valence-electron chi connectivity index (χ4n) is 2.27. The second-order valence-electron chi connectivity index (χ2n) is 4.87. The third kappa shape index (κ3) is 3.96. The fourth-order valence-corrected chi connectivity index (χ4v) is 2.73. The molecule has 0 aliphatic rings. The Bertz CT molecular complexity index is 689. The number of hydrogen-bond acceptors (Lipinski definition) is 2. The molecule has 2 rings (SSSR count). The van der Waals surface area contributed by atoms with Gasteiger partial charge in [-0.3, -0.25) is 5.43 Å². The van der Waals surface area contributed by atoms with Gasteiger partial charge in [0.2, 0.25) is 0 Å². The van der Waals surface area contributed by atoms with E-state index in [1.807, 2.05) is 19.1 Å². The molecule has 4 nitrogen and oxygen atoms in total. The summed E-state index contributed by atoms with van der Waals surface area (Å²) in [6.45, 7) is 6.94. The molecule has 0 amide bonds. The van der Waals surface area contributed by atoms with Crippen molar-refractivity contribution in [2.45, 2.75) is 20.8 Å². The van der Waals surface area contributed by atoms with Crippen LogP contribution >= 0.6 is 28.1 Å². The lowest BCUT2D eigenvalue weighted by atomic mass is 10.2. The largest absolute Gasteiger partial charge is 0.362 e. The lowest BCUT2D eigenvalue weighted by molar-refractivity contribution is 0.903. The van der Waals surface area contributed by atoms with E-state index in [4.69, 9.17) is 12.2 Å². The molecule has 0 atom stereocenters. The first kappa shape index (κ1) is 16.7. The lowest BCUT2D eigenvalue weighted by Gasteiger charge is -2.09. The van der Waals surface area contributed by atoms with E-state index in [2.05, 4.69) is 68.4 Å². The summed E-state index contributed by atoms with van der Waals surface area (Å²) in [4.78, 5) is 0. The van der Waals surface area contributed by atoms with Crippen molar-refractivity contribution in [2.24, 2.45) is 5.10 Å². The first-order valence-electron chi connectivity index (χ1n) is 7.04. The maximum atomic E-state index is 5.08. The van der Waals surface area contributed by atoms with Crippen LogP contribution in [-0.4, -0.2) is 22.4 Å². The second kappa shape index (κ2) is 7.56. The van der Waals surface area contributed by atoms with E-state index >= 15 is 0 Å². The molecule has 0 saturated heterocycles. The summed E-state index contributed by atoms with van der Waals surface area (Å²) in [6.07, 6.45) is 1.79. The normalized spacial score (nSPS) is 10.9. The van der Waals surface area contributed by atoms with Crippen molar-refractivity contribution in [1.29, 1.82) is 0 Å². The molecule has 6 heteroatoms. The van der Waals surface area contributed by atoms with E-state index in [0.717, 1.165) is 33.7 Å². The van der Waals surface area contributed by atoms with Crippen LogP contribution in [0.1, 0.15) is 23.9 Å². The number of aryl methyl sites for hydroxylation is 1. The van der Waals surface area contributed by atoms with Gasteiger partial charge in [0, 0.05) is 33.7 Å². The van der Waals surface area contributed by atoms with Crippen LogP contribution < -0.4 is 10.7 Å². The average molecular weight is 379 g/mol. The monoisotopic (exact) mass is 378 g/mol. The van der Waals surface area contributed by atoms with E-state index in [9.17, 15) is 0 Å². The van der Waals surface area contributed by atoms with Crippen LogP contribution in [0.25, 0.3) is 5.69 Å². The highest BCUT2D eigenvalue weighted by atomic mass is 79.9. The SMILES string of the molecule is CCNC(=S)N/N=C/c1cc(C)n(-c2ccc(Br)cc2)c1C. The lowest BCUT2D eigenvalue weighted by Crippen LogP contribution is -2.31. The Labute approximate surface area is 144 Å². The molecule has 116 valence electrons. The molecule has 1 aromatic heterocycles. The molecule has 0 fully saturated rings. The summed E-state index contributed by atoms with van der Waals surface area (Å²) >= 11 is 8.54. The second-order valence-corrected chi connectivity index (χ2v) is 6.19. The van der Waals surface area contributed by atoms with Crippen LogP contribution in [0.3, 0.4) is 0 Å². The summed E-state index contributed by atoms with van der Waals surface area (Å²) in [6, 6.07) is 10.4. The standard InChI is InChI=1S/C16H19BrN4S/c1-4-18-16(22)20-19-10-13-9-11(2)21(12(13)3)15-7-5-14(17)6-8-15/h5-10H,4H2,1-3H3,(H2,18,20,22)/b19-10+. The van der Waals surface area contributed by atoms with Crippen molar-refractivity contribution in [1.82, 2.24) is 15.3 Å². The van der Waals surface area contributed by atoms with Gasteiger partial charge < -0.3 is 9.88 Å². The van der Waals surface area contributed by atoms with Crippen molar-refractivity contribution in [3.05, 3.63) is 51.8 Å². The Hall–Kier alpha value is -1.66. The number of benzene rings is 1. The van der Waals surface area contributed by atoms with Gasteiger partial charge in [-0.05, 0) is 63.3 Å². The highest BCUT2D eigenvalue weighted by Crippen LogP contribution is 2.21. The number of hydrazone groups is 1. The van der Waals surface area contributed by atoms with Crippen molar-refractivity contribution in [3.8, 4) is 5.69 Å². The van der Waals surface area contributed by atoms with Gasteiger partial charge in [-0.1, -0.05) is 15.9 Å². The van der Waals surface area contributed by atoms with Gasteiger partial charge >= 0.3 is 0 Å². The van der Waals surface area contributed by atoms with E-state index in [1.165, 1.54) is 0 Å². The molecule has 0 spiro atoms. The third-order valence-electron chi connectivity index (χ3n) is 3.26. The number of hydrogen-bond donors (Lipinski definition) is 2. The zero-order valence-corrected chi connectivity index (χ0v) is 15.3. The molecule has 0 saturated carbocycles. The molecular formula is C16H19BrN4S. The number of halogens is 1. The highest BCUT2D eigenvalue weighted by Gasteiger charge is 2.09. The minimum atomic E-state index is 0.528. The van der Waals surface area contributed by atoms with Crippen LogP contribution in [0.4, 0.5) is 0 Å².